The average molecular weight is 232 g/mol. The van der Waals surface area contributed by atoms with Crippen molar-refractivity contribution in [2.75, 3.05) is 5.32 Å². The summed E-state index contributed by atoms with van der Waals surface area (Å²) in [6.45, 7) is 3.91. The summed E-state index contributed by atoms with van der Waals surface area (Å²) in [6.07, 6.45) is 7.11. The molecule has 1 unspecified atom stereocenters. The molecule has 0 aliphatic rings. The van der Waals surface area contributed by atoms with Gasteiger partial charge in [0.1, 0.15) is 5.69 Å². The molecule has 0 aromatic heterocycles. The lowest BCUT2D eigenvalue weighted by atomic mass is 10.1. The highest BCUT2D eigenvalue weighted by molar-refractivity contribution is 5.63. The Balaban J connectivity index is 2.99. The van der Waals surface area contributed by atoms with Crippen molar-refractivity contribution >= 4 is 11.4 Å². The number of aryl methyl sites for hydroxylation is 1. The van der Waals surface area contributed by atoms with Gasteiger partial charge in [0.05, 0.1) is 11.0 Å². The Bertz CT molecular complexity index is 449. The van der Waals surface area contributed by atoms with E-state index < -0.39 is 4.92 Å². The van der Waals surface area contributed by atoms with Gasteiger partial charge in [-0.05, 0) is 25.0 Å². The highest BCUT2D eigenvalue weighted by Gasteiger charge is 2.15. The second-order valence-electron chi connectivity index (χ2n) is 3.93. The van der Waals surface area contributed by atoms with Crippen molar-refractivity contribution in [3.05, 3.63) is 33.9 Å². The van der Waals surface area contributed by atoms with Crippen LogP contribution in [0.15, 0.2) is 18.2 Å². The molecule has 0 saturated heterocycles. The zero-order chi connectivity index (χ0) is 12.8. The van der Waals surface area contributed by atoms with E-state index in [9.17, 15) is 10.1 Å². The Labute approximate surface area is 101 Å². The van der Waals surface area contributed by atoms with Crippen molar-refractivity contribution < 1.29 is 4.92 Å². The summed E-state index contributed by atoms with van der Waals surface area (Å²) in [7, 11) is 0. The van der Waals surface area contributed by atoms with Crippen LogP contribution < -0.4 is 5.32 Å². The molecule has 0 aliphatic carbocycles. The normalized spacial score (nSPS) is 11.6. The fourth-order valence-corrected chi connectivity index (χ4v) is 1.60. The number of hydrogen-bond acceptors (Lipinski definition) is 3. The minimum absolute atomic E-state index is 0.0620. The smallest absolute Gasteiger partial charge is 0.292 e. The third kappa shape index (κ3) is 3.49. The molecule has 0 saturated carbocycles. The van der Waals surface area contributed by atoms with E-state index in [1.807, 2.05) is 13.8 Å². The Morgan fingerprint density at radius 2 is 2.29 bits per heavy atom. The standard InChI is InChI=1S/C13H16N2O2/c1-4-6-11(5-2)14-12-9-10(3)7-8-13(12)15(16)17/h2,7-9,11,14H,4,6H2,1,3H3. The van der Waals surface area contributed by atoms with Crippen molar-refractivity contribution in [2.24, 2.45) is 0 Å². The zero-order valence-electron chi connectivity index (χ0n) is 10.1. The topological polar surface area (TPSA) is 55.2 Å². The van der Waals surface area contributed by atoms with E-state index in [2.05, 4.69) is 11.2 Å². The van der Waals surface area contributed by atoms with Gasteiger partial charge < -0.3 is 5.32 Å². The highest BCUT2D eigenvalue weighted by atomic mass is 16.6. The molecular formula is C13H16N2O2. The van der Waals surface area contributed by atoms with E-state index in [0.29, 0.717) is 5.69 Å². The van der Waals surface area contributed by atoms with Gasteiger partial charge >= 0.3 is 0 Å². The van der Waals surface area contributed by atoms with Crippen molar-refractivity contribution in [1.29, 1.82) is 0 Å². The lowest BCUT2D eigenvalue weighted by molar-refractivity contribution is -0.384. The number of anilines is 1. The Morgan fingerprint density at radius 3 is 2.82 bits per heavy atom. The summed E-state index contributed by atoms with van der Waals surface area (Å²) in [5, 5.41) is 13.9. The maximum absolute atomic E-state index is 10.9. The van der Waals surface area contributed by atoms with Gasteiger partial charge in [-0.25, -0.2) is 0 Å². The second-order valence-corrected chi connectivity index (χ2v) is 3.93. The third-order valence-electron chi connectivity index (χ3n) is 2.46. The van der Waals surface area contributed by atoms with E-state index in [4.69, 9.17) is 6.42 Å². The Morgan fingerprint density at radius 1 is 1.59 bits per heavy atom. The number of nitrogens with one attached hydrogen (secondary N) is 1. The maximum Gasteiger partial charge on any atom is 0.292 e. The fourth-order valence-electron chi connectivity index (χ4n) is 1.60. The number of hydrogen-bond donors (Lipinski definition) is 1. The van der Waals surface area contributed by atoms with Gasteiger partial charge in [-0.1, -0.05) is 25.3 Å². The second kappa shape index (κ2) is 5.90. The summed E-state index contributed by atoms with van der Waals surface area (Å²) in [5.41, 5.74) is 1.52. The predicted molar refractivity (Wildman–Crippen MR) is 69.0 cm³/mol. The molecule has 0 aliphatic heterocycles. The molecule has 4 nitrogen and oxygen atoms in total. The van der Waals surface area contributed by atoms with Crippen LogP contribution in [0.1, 0.15) is 25.3 Å². The maximum atomic E-state index is 10.9. The number of rotatable bonds is 5. The van der Waals surface area contributed by atoms with Crippen LogP contribution in [0.5, 0.6) is 0 Å². The van der Waals surface area contributed by atoms with E-state index in [1.54, 1.807) is 12.1 Å². The van der Waals surface area contributed by atoms with Gasteiger partial charge in [0.15, 0.2) is 0 Å². The molecule has 0 bridgehead atoms. The summed E-state index contributed by atoms with van der Waals surface area (Å²) in [4.78, 5) is 10.5. The Hall–Kier alpha value is -2.02. The van der Waals surface area contributed by atoms with Gasteiger partial charge in [-0.3, -0.25) is 10.1 Å². The average Bonchev–Trinajstić information content (AvgIpc) is 2.28. The number of terminal acetylenes is 1. The molecule has 0 radical (unpaired) electrons. The summed E-state index contributed by atoms with van der Waals surface area (Å²) >= 11 is 0. The van der Waals surface area contributed by atoms with E-state index in [0.717, 1.165) is 18.4 Å². The minimum Gasteiger partial charge on any atom is -0.366 e. The molecule has 1 aromatic rings. The molecule has 1 rings (SSSR count). The number of nitro benzene ring substituents is 1. The van der Waals surface area contributed by atoms with Gasteiger partial charge in [0.2, 0.25) is 0 Å². The number of benzene rings is 1. The molecule has 1 N–H and O–H groups in total. The molecule has 0 fully saturated rings. The summed E-state index contributed by atoms with van der Waals surface area (Å²) in [5.74, 6) is 2.60. The van der Waals surface area contributed by atoms with Crippen molar-refractivity contribution in [3.8, 4) is 12.3 Å². The quantitative estimate of drug-likeness (QED) is 0.482. The predicted octanol–water partition coefficient (Wildman–Crippen LogP) is 3.12. The number of nitrogens with zero attached hydrogens (tertiary/aromatic N) is 1. The largest absolute Gasteiger partial charge is 0.366 e. The lowest BCUT2D eigenvalue weighted by Crippen LogP contribution is -2.17. The van der Waals surface area contributed by atoms with Crippen LogP contribution in [-0.4, -0.2) is 11.0 Å². The van der Waals surface area contributed by atoms with Gasteiger partial charge in [0, 0.05) is 6.07 Å². The first-order chi connectivity index (χ1) is 8.08. The Kier molecular flexibility index (Phi) is 4.53. The molecular weight excluding hydrogens is 216 g/mol. The van der Waals surface area contributed by atoms with Crippen LogP contribution >= 0.6 is 0 Å². The van der Waals surface area contributed by atoms with Gasteiger partial charge in [0.25, 0.3) is 5.69 Å². The molecule has 0 amide bonds. The minimum atomic E-state index is -0.401. The van der Waals surface area contributed by atoms with Crippen LogP contribution in [0.2, 0.25) is 0 Å². The third-order valence-corrected chi connectivity index (χ3v) is 2.46. The number of nitro groups is 1. The molecule has 1 aromatic carbocycles. The van der Waals surface area contributed by atoms with E-state index >= 15 is 0 Å². The van der Waals surface area contributed by atoms with E-state index in [-0.39, 0.29) is 11.7 Å². The monoisotopic (exact) mass is 232 g/mol. The molecule has 1 atom stereocenters. The van der Waals surface area contributed by atoms with Crippen LogP contribution in [0.4, 0.5) is 11.4 Å². The first-order valence-corrected chi connectivity index (χ1v) is 5.56. The zero-order valence-corrected chi connectivity index (χ0v) is 10.1. The SMILES string of the molecule is C#CC(CCC)Nc1cc(C)ccc1[N+](=O)[O-]. The van der Waals surface area contributed by atoms with Crippen LogP contribution in [-0.2, 0) is 0 Å². The molecule has 4 heteroatoms. The van der Waals surface area contributed by atoms with Crippen LogP contribution in [0.3, 0.4) is 0 Å². The van der Waals surface area contributed by atoms with Gasteiger partial charge in [-0.2, -0.15) is 0 Å². The van der Waals surface area contributed by atoms with Crippen molar-refractivity contribution in [2.45, 2.75) is 32.7 Å². The van der Waals surface area contributed by atoms with Crippen LogP contribution in [0.25, 0.3) is 0 Å². The summed E-state index contributed by atoms with van der Waals surface area (Å²) in [6, 6.07) is 4.80. The van der Waals surface area contributed by atoms with Crippen LogP contribution in [0, 0.1) is 29.4 Å². The van der Waals surface area contributed by atoms with Crippen molar-refractivity contribution in [1.82, 2.24) is 0 Å². The van der Waals surface area contributed by atoms with Gasteiger partial charge in [-0.15, -0.1) is 6.42 Å². The highest BCUT2D eigenvalue weighted by Crippen LogP contribution is 2.26. The molecule has 90 valence electrons. The molecule has 0 spiro atoms. The summed E-state index contributed by atoms with van der Waals surface area (Å²) < 4.78 is 0. The van der Waals surface area contributed by atoms with E-state index in [1.165, 1.54) is 6.07 Å². The first kappa shape index (κ1) is 13.0. The van der Waals surface area contributed by atoms with Crippen molar-refractivity contribution in [3.63, 3.8) is 0 Å². The fraction of sp³-hybridized carbons (Fsp3) is 0.385. The lowest BCUT2D eigenvalue weighted by Gasteiger charge is -2.13. The first-order valence-electron chi connectivity index (χ1n) is 5.56. The molecule has 0 heterocycles. The molecule has 17 heavy (non-hydrogen) atoms.